The first kappa shape index (κ1) is 14.7. The number of hydrogen-bond donors (Lipinski definition) is 3. The van der Waals surface area contributed by atoms with Gasteiger partial charge in [-0.25, -0.2) is 4.98 Å². The summed E-state index contributed by atoms with van der Waals surface area (Å²) in [6.45, 7) is 4.47. The molecule has 1 amide bonds. The molecule has 0 saturated heterocycles. The van der Waals surface area contributed by atoms with Crippen molar-refractivity contribution in [2.45, 2.75) is 20.3 Å². The molecule has 1 heterocycles. The van der Waals surface area contributed by atoms with Gasteiger partial charge in [0.2, 0.25) is 0 Å². The van der Waals surface area contributed by atoms with Crippen LogP contribution in [-0.2, 0) is 0 Å². The van der Waals surface area contributed by atoms with Crippen molar-refractivity contribution in [3.63, 3.8) is 0 Å². The summed E-state index contributed by atoms with van der Waals surface area (Å²) in [6, 6.07) is 1.44. The van der Waals surface area contributed by atoms with Crippen LogP contribution in [0.5, 0.6) is 0 Å². The van der Waals surface area contributed by atoms with Crippen molar-refractivity contribution in [2.75, 3.05) is 18.9 Å². The molecule has 0 spiro atoms. The highest BCUT2D eigenvalue weighted by atomic mass is 35.5. The molecule has 0 unspecified atom stereocenters. The maximum atomic E-state index is 11.9. The van der Waals surface area contributed by atoms with Gasteiger partial charge in [0, 0.05) is 13.2 Å². The number of nitrogen functional groups attached to an aromatic ring is 1. The first-order valence-electron chi connectivity index (χ1n) is 5.66. The molecule has 0 aromatic carbocycles. The molecule has 4 N–H and O–H groups in total. The maximum Gasteiger partial charge on any atom is 0.253 e. The van der Waals surface area contributed by atoms with Crippen LogP contribution < -0.4 is 11.1 Å². The smallest absolute Gasteiger partial charge is 0.253 e. The number of aromatic nitrogens is 1. The van der Waals surface area contributed by atoms with Gasteiger partial charge in [-0.1, -0.05) is 25.4 Å². The Kier molecular flexibility index (Phi) is 4.93. The summed E-state index contributed by atoms with van der Waals surface area (Å²) in [5.41, 5.74) is 6.10. The Morgan fingerprint density at radius 3 is 2.89 bits per heavy atom. The first-order valence-corrected chi connectivity index (χ1v) is 6.03. The van der Waals surface area contributed by atoms with Gasteiger partial charge in [-0.3, -0.25) is 4.79 Å². The lowest BCUT2D eigenvalue weighted by molar-refractivity contribution is 0.0929. The number of hydrogen-bond acceptors (Lipinski definition) is 4. The normalized spacial score (nSPS) is 11.3. The number of carbonyl (C=O) groups excluding carboxylic acids is 1. The second-order valence-corrected chi connectivity index (χ2v) is 5.30. The number of rotatable bonds is 5. The summed E-state index contributed by atoms with van der Waals surface area (Å²) in [6.07, 6.45) is 1.97. The standard InChI is InChI=1S/C12H18ClN3O2/c1-12(2,3-4-17)7-16-11(18)8-5-10(13)15-6-9(8)14/h5-6,17H,3-4,7,14H2,1-2H3,(H,16,18). The largest absolute Gasteiger partial charge is 0.397 e. The zero-order chi connectivity index (χ0) is 13.8. The molecule has 0 aliphatic rings. The molecule has 100 valence electrons. The molecule has 0 bridgehead atoms. The Morgan fingerprint density at radius 2 is 2.28 bits per heavy atom. The van der Waals surface area contributed by atoms with Gasteiger partial charge in [0.15, 0.2) is 0 Å². The summed E-state index contributed by atoms with van der Waals surface area (Å²) in [5, 5.41) is 11.9. The van der Waals surface area contributed by atoms with E-state index >= 15 is 0 Å². The lowest BCUT2D eigenvalue weighted by Crippen LogP contribution is -2.34. The van der Waals surface area contributed by atoms with Crippen molar-refractivity contribution in [3.8, 4) is 0 Å². The van der Waals surface area contributed by atoms with Gasteiger partial charge < -0.3 is 16.2 Å². The molecule has 0 radical (unpaired) electrons. The molecule has 0 aliphatic heterocycles. The monoisotopic (exact) mass is 271 g/mol. The fourth-order valence-corrected chi connectivity index (χ4v) is 1.60. The van der Waals surface area contributed by atoms with E-state index in [-0.39, 0.29) is 28.8 Å². The third-order valence-corrected chi connectivity index (χ3v) is 2.87. The minimum absolute atomic E-state index is 0.0894. The number of nitrogens with zero attached hydrogens (tertiary/aromatic N) is 1. The van der Waals surface area contributed by atoms with Crippen LogP contribution >= 0.6 is 11.6 Å². The van der Waals surface area contributed by atoms with Gasteiger partial charge in [0.1, 0.15) is 5.15 Å². The summed E-state index contributed by atoms with van der Waals surface area (Å²) in [4.78, 5) is 15.7. The number of anilines is 1. The van der Waals surface area contributed by atoms with E-state index in [2.05, 4.69) is 10.3 Å². The Balaban J connectivity index is 2.69. The number of aliphatic hydroxyl groups excluding tert-OH is 1. The molecule has 0 fully saturated rings. The van der Waals surface area contributed by atoms with Crippen molar-refractivity contribution in [1.82, 2.24) is 10.3 Å². The van der Waals surface area contributed by atoms with Crippen LogP contribution in [-0.4, -0.2) is 29.1 Å². The number of pyridine rings is 1. The second-order valence-electron chi connectivity index (χ2n) is 4.91. The van der Waals surface area contributed by atoms with Gasteiger partial charge in [0.25, 0.3) is 5.91 Å². The van der Waals surface area contributed by atoms with Crippen LogP contribution in [0.3, 0.4) is 0 Å². The lowest BCUT2D eigenvalue weighted by atomic mass is 9.89. The molecule has 1 rings (SSSR count). The predicted molar refractivity (Wildman–Crippen MR) is 71.5 cm³/mol. The van der Waals surface area contributed by atoms with Gasteiger partial charge >= 0.3 is 0 Å². The van der Waals surface area contributed by atoms with Crippen LogP contribution in [0, 0.1) is 5.41 Å². The number of carbonyl (C=O) groups is 1. The Labute approximate surface area is 111 Å². The van der Waals surface area contributed by atoms with E-state index in [0.29, 0.717) is 18.5 Å². The molecule has 0 atom stereocenters. The van der Waals surface area contributed by atoms with Crippen molar-refractivity contribution in [3.05, 3.63) is 23.0 Å². The third-order valence-electron chi connectivity index (χ3n) is 2.66. The summed E-state index contributed by atoms with van der Waals surface area (Å²) in [7, 11) is 0. The number of halogens is 1. The molecular formula is C12H18ClN3O2. The predicted octanol–water partition coefficient (Wildman–Crippen LogP) is 1.46. The van der Waals surface area contributed by atoms with Gasteiger partial charge in [-0.05, 0) is 17.9 Å². The lowest BCUT2D eigenvalue weighted by Gasteiger charge is -2.23. The van der Waals surface area contributed by atoms with E-state index < -0.39 is 0 Å². The SMILES string of the molecule is CC(C)(CCO)CNC(=O)c1cc(Cl)ncc1N. The average molecular weight is 272 g/mol. The molecule has 6 heteroatoms. The Hall–Kier alpha value is -1.33. The zero-order valence-electron chi connectivity index (χ0n) is 10.5. The summed E-state index contributed by atoms with van der Waals surface area (Å²) < 4.78 is 0. The zero-order valence-corrected chi connectivity index (χ0v) is 11.3. The van der Waals surface area contributed by atoms with E-state index in [0.717, 1.165) is 0 Å². The van der Waals surface area contributed by atoms with Crippen LogP contribution in [0.1, 0.15) is 30.6 Å². The molecule has 0 aliphatic carbocycles. The third kappa shape index (κ3) is 4.16. The van der Waals surface area contributed by atoms with E-state index in [1.165, 1.54) is 12.3 Å². The average Bonchev–Trinajstić information content (AvgIpc) is 2.29. The fraction of sp³-hybridized carbons (Fsp3) is 0.500. The highest BCUT2D eigenvalue weighted by Crippen LogP contribution is 2.19. The fourth-order valence-electron chi connectivity index (χ4n) is 1.44. The van der Waals surface area contributed by atoms with Crippen LogP contribution in [0.2, 0.25) is 5.15 Å². The minimum atomic E-state index is -0.289. The number of aliphatic hydroxyl groups is 1. The molecule has 1 aromatic heterocycles. The number of nitrogens with two attached hydrogens (primary N) is 1. The van der Waals surface area contributed by atoms with Crippen LogP contribution in [0.15, 0.2) is 12.3 Å². The highest BCUT2D eigenvalue weighted by molar-refractivity contribution is 6.29. The summed E-state index contributed by atoms with van der Waals surface area (Å²) >= 11 is 5.72. The number of nitrogens with one attached hydrogen (secondary N) is 1. The Morgan fingerprint density at radius 1 is 1.61 bits per heavy atom. The molecule has 5 nitrogen and oxygen atoms in total. The van der Waals surface area contributed by atoms with Crippen molar-refractivity contribution in [1.29, 1.82) is 0 Å². The Bertz CT molecular complexity index is 435. The van der Waals surface area contributed by atoms with E-state index in [1.54, 1.807) is 0 Å². The van der Waals surface area contributed by atoms with Gasteiger partial charge in [-0.2, -0.15) is 0 Å². The highest BCUT2D eigenvalue weighted by Gasteiger charge is 2.19. The van der Waals surface area contributed by atoms with E-state index in [9.17, 15) is 4.79 Å². The van der Waals surface area contributed by atoms with Gasteiger partial charge in [0.05, 0.1) is 17.4 Å². The van der Waals surface area contributed by atoms with Crippen molar-refractivity contribution in [2.24, 2.45) is 5.41 Å². The topological polar surface area (TPSA) is 88.2 Å². The molecule has 1 aromatic rings. The maximum absolute atomic E-state index is 11.9. The minimum Gasteiger partial charge on any atom is -0.397 e. The first-order chi connectivity index (χ1) is 8.35. The summed E-state index contributed by atoms with van der Waals surface area (Å²) in [5.74, 6) is -0.289. The molecular weight excluding hydrogens is 254 g/mol. The van der Waals surface area contributed by atoms with E-state index in [4.69, 9.17) is 22.4 Å². The van der Waals surface area contributed by atoms with Crippen LogP contribution in [0.25, 0.3) is 0 Å². The van der Waals surface area contributed by atoms with Crippen molar-refractivity contribution >= 4 is 23.2 Å². The van der Waals surface area contributed by atoms with Crippen molar-refractivity contribution < 1.29 is 9.90 Å². The second kappa shape index (κ2) is 6.02. The molecule has 0 saturated carbocycles. The molecule has 18 heavy (non-hydrogen) atoms. The van der Waals surface area contributed by atoms with Crippen LogP contribution in [0.4, 0.5) is 5.69 Å². The number of amides is 1. The van der Waals surface area contributed by atoms with E-state index in [1.807, 2.05) is 13.8 Å². The quantitative estimate of drug-likeness (QED) is 0.708. The van der Waals surface area contributed by atoms with Gasteiger partial charge in [-0.15, -0.1) is 0 Å².